The third-order valence-corrected chi connectivity index (χ3v) is 5.32. The predicted molar refractivity (Wildman–Crippen MR) is 122 cm³/mol. The van der Waals surface area contributed by atoms with Gasteiger partial charge in [0.2, 0.25) is 0 Å². The molecule has 33 heavy (non-hydrogen) atoms. The molecule has 1 atom stereocenters. The van der Waals surface area contributed by atoms with Crippen LogP contribution in [-0.2, 0) is 4.74 Å². The Morgan fingerprint density at radius 1 is 1.42 bits per heavy atom. The van der Waals surface area contributed by atoms with Crippen molar-refractivity contribution in [1.82, 2.24) is 30.3 Å². The molecule has 1 aromatic carbocycles. The van der Waals surface area contributed by atoms with Gasteiger partial charge in [0.05, 0.1) is 44.3 Å². The number of aromatic nitrogens is 3. The van der Waals surface area contributed by atoms with E-state index in [2.05, 4.69) is 20.8 Å². The lowest BCUT2D eigenvalue weighted by Gasteiger charge is -2.26. The van der Waals surface area contributed by atoms with Crippen LogP contribution in [0.4, 0.5) is 5.82 Å². The molecule has 1 aliphatic rings. The third kappa shape index (κ3) is 4.57. The van der Waals surface area contributed by atoms with Gasteiger partial charge in [0.25, 0.3) is 5.91 Å². The maximum absolute atomic E-state index is 13.2. The van der Waals surface area contributed by atoms with Crippen LogP contribution in [0.2, 0.25) is 5.02 Å². The third-order valence-electron chi connectivity index (χ3n) is 5.09. The summed E-state index contributed by atoms with van der Waals surface area (Å²) in [6.07, 6.45) is 2.44. The van der Waals surface area contributed by atoms with Gasteiger partial charge in [0.1, 0.15) is 11.3 Å². The van der Waals surface area contributed by atoms with Crippen molar-refractivity contribution in [2.24, 2.45) is 0 Å². The number of fused-ring (bicyclic) bond motifs is 1. The zero-order chi connectivity index (χ0) is 23.5. The van der Waals surface area contributed by atoms with Gasteiger partial charge in [-0.15, -0.1) is 5.10 Å². The fraction of sp³-hybridized carbons (Fsp3) is 0.286. The van der Waals surface area contributed by atoms with Crippen LogP contribution in [0.3, 0.4) is 0 Å². The number of halogens is 1. The summed E-state index contributed by atoms with van der Waals surface area (Å²) in [7, 11) is 3.06. The number of β-amino-alcohol motifs (C(OH)–C–C–N with tert-alkyl or cyclic N) is 1. The molecule has 3 aromatic rings. The minimum atomic E-state index is -0.780. The molecule has 0 bridgehead atoms. The minimum Gasteiger partial charge on any atom is -0.496 e. The van der Waals surface area contributed by atoms with E-state index in [9.17, 15) is 9.90 Å². The van der Waals surface area contributed by atoms with Crippen molar-refractivity contribution in [2.75, 3.05) is 39.6 Å². The predicted octanol–water partition coefficient (Wildman–Crippen LogP) is 0.900. The Hall–Kier alpha value is -3.38. The van der Waals surface area contributed by atoms with Crippen LogP contribution >= 0.6 is 11.6 Å². The number of aliphatic hydroxyl groups excluding tert-OH is 1. The molecule has 0 fully saturated rings. The average molecular weight is 474 g/mol. The molecule has 0 unspecified atom stereocenters. The number of methoxy groups -OCH3 is 2. The number of nitrogens with one attached hydrogen (secondary N) is 2. The fourth-order valence-electron chi connectivity index (χ4n) is 3.71. The van der Waals surface area contributed by atoms with E-state index in [1.165, 1.54) is 11.6 Å². The Bertz CT molecular complexity index is 1210. The van der Waals surface area contributed by atoms with Crippen LogP contribution in [0.1, 0.15) is 15.9 Å². The second kappa shape index (κ2) is 9.63. The number of nitrogens with two attached hydrogens (primary N) is 1. The normalized spacial score (nSPS) is 14.7. The summed E-state index contributed by atoms with van der Waals surface area (Å²) in [4.78, 5) is 17.5. The van der Waals surface area contributed by atoms with Gasteiger partial charge in [-0.1, -0.05) is 11.6 Å². The van der Waals surface area contributed by atoms with Crippen LogP contribution in [0.15, 0.2) is 42.4 Å². The summed E-state index contributed by atoms with van der Waals surface area (Å²) < 4.78 is 12.0. The molecule has 2 aromatic heterocycles. The number of nitrogen functional groups attached to an aromatic ring is 1. The molecule has 4 rings (SSSR count). The van der Waals surface area contributed by atoms with E-state index in [0.29, 0.717) is 33.4 Å². The van der Waals surface area contributed by atoms with Crippen molar-refractivity contribution in [3.63, 3.8) is 0 Å². The van der Waals surface area contributed by atoms with Gasteiger partial charge in [-0.25, -0.2) is 14.9 Å². The Morgan fingerprint density at radius 2 is 2.24 bits per heavy atom. The summed E-state index contributed by atoms with van der Waals surface area (Å²) >= 11 is 6.27. The van der Waals surface area contributed by atoms with Crippen molar-refractivity contribution in [3.8, 4) is 5.75 Å². The number of hydrogen-bond donors (Lipinski definition) is 4. The molecule has 11 nitrogen and oxygen atoms in total. The van der Waals surface area contributed by atoms with Gasteiger partial charge in [-0.3, -0.25) is 4.79 Å². The lowest BCUT2D eigenvalue weighted by atomic mass is 10.1. The summed E-state index contributed by atoms with van der Waals surface area (Å²) in [5.41, 5.74) is 11.5. The molecule has 3 heterocycles. The fourth-order valence-corrected chi connectivity index (χ4v) is 3.88. The zero-order valence-corrected chi connectivity index (χ0v) is 18.8. The Balaban J connectivity index is 1.75. The number of rotatable bonds is 8. The van der Waals surface area contributed by atoms with E-state index in [1.807, 2.05) is 0 Å². The molecule has 5 N–H and O–H groups in total. The number of amides is 1. The maximum atomic E-state index is 13.2. The average Bonchev–Trinajstić information content (AvgIpc) is 3.33. The lowest BCUT2D eigenvalue weighted by Crippen LogP contribution is -2.39. The quantitative estimate of drug-likeness (QED) is 0.375. The number of carbonyl (C=O) groups excluding carboxylic acids is 1. The molecule has 0 saturated heterocycles. The molecule has 12 heteroatoms. The first kappa shape index (κ1) is 22.8. The molecule has 174 valence electrons. The molecular formula is C21H24ClN7O4. The monoisotopic (exact) mass is 473 g/mol. The van der Waals surface area contributed by atoms with Crippen LogP contribution in [0.5, 0.6) is 5.75 Å². The van der Waals surface area contributed by atoms with Gasteiger partial charge in [0.15, 0.2) is 11.5 Å². The molecule has 0 radical (unpaired) electrons. The minimum absolute atomic E-state index is 0.0621. The highest BCUT2D eigenvalue weighted by atomic mass is 35.5. The highest BCUT2D eigenvalue weighted by Gasteiger charge is 2.30. The number of hydrogen-bond acceptors (Lipinski definition) is 9. The largest absolute Gasteiger partial charge is 0.496 e. The van der Waals surface area contributed by atoms with Crippen molar-refractivity contribution >= 4 is 34.7 Å². The van der Waals surface area contributed by atoms with Crippen molar-refractivity contribution in [1.29, 1.82) is 0 Å². The molecule has 1 aliphatic heterocycles. The van der Waals surface area contributed by atoms with E-state index in [-0.39, 0.29) is 31.1 Å². The number of ether oxygens (including phenoxy) is 2. The van der Waals surface area contributed by atoms with Gasteiger partial charge >= 0.3 is 0 Å². The Kier molecular flexibility index (Phi) is 6.65. The number of hydrazine groups is 1. The first-order chi connectivity index (χ1) is 15.9. The summed E-state index contributed by atoms with van der Waals surface area (Å²) in [5, 5.41) is 19.6. The van der Waals surface area contributed by atoms with Gasteiger partial charge in [0, 0.05) is 30.1 Å². The highest BCUT2D eigenvalue weighted by molar-refractivity contribution is 6.30. The molecule has 0 aliphatic carbocycles. The SMILES string of the molecule is COC[C@@H](O)CN1NCC(NC(=O)c2c(N)nn3cccnc23)=C1c1cc(Cl)ccc1OC. The van der Waals surface area contributed by atoms with E-state index in [1.54, 1.807) is 48.8 Å². The molecular weight excluding hydrogens is 450 g/mol. The second-order valence-corrected chi connectivity index (χ2v) is 7.77. The van der Waals surface area contributed by atoms with Crippen LogP contribution in [-0.4, -0.2) is 70.6 Å². The first-order valence-electron chi connectivity index (χ1n) is 10.1. The van der Waals surface area contributed by atoms with Crippen molar-refractivity contribution in [2.45, 2.75) is 6.10 Å². The second-order valence-electron chi connectivity index (χ2n) is 7.33. The van der Waals surface area contributed by atoms with E-state index in [4.69, 9.17) is 26.8 Å². The Labute approximate surface area is 194 Å². The number of anilines is 1. The summed E-state index contributed by atoms with van der Waals surface area (Å²) in [6, 6.07) is 6.87. The Morgan fingerprint density at radius 3 is 3.00 bits per heavy atom. The van der Waals surface area contributed by atoms with Gasteiger partial charge < -0.3 is 30.6 Å². The van der Waals surface area contributed by atoms with Gasteiger partial charge in [-0.05, 0) is 24.3 Å². The lowest BCUT2D eigenvalue weighted by molar-refractivity contribution is 0.0430. The molecule has 0 saturated carbocycles. The molecule has 1 amide bonds. The van der Waals surface area contributed by atoms with Gasteiger partial charge in [-0.2, -0.15) is 0 Å². The number of carbonyl (C=O) groups is 1. The van der Waals surface area contributed by atoms with Crippen LogP contribution in [0, 0.1) is 0 Å². The van der Waals surface area contributed by atoms with E-state index in [0.717, 1.165) is 0 Å². The zero-order valence-electron chi connectivity index (χ0n) is 18.1. The number of benzene rings is 1. The topological polar surface area (TPSA) is 139 Å². The molecule has 0 spiro atoms. The standard InChI is InChI=1S/C21H24ClN7O4/c1-32-11-13(30)10-29-18(14-8-12(22)4-5-16(14)33-2)15(9-25-29)26-21(31)17-19(23)27-28-7-3-6-24-20(17)28/h3-8,13,25,30H,9-11H2,1-2H3,(H2,23,27)(H,26,31)/t13-/m0/s1. The summed E-state index contributed by atoms with van der Waals surface area (Å²) in [5.74, 6) is 0.149. The van der Waals surface area contributed by atoms with Crippen molar-refractivity contribution < 1.29 is 19.4 Å². The maximum Gasteiger partial charge on any atom is 0.263 e. The highest BCUT2D eigenvalue weighted by Crippen LogP contribution is 2.34. The van der Waals surface area contributed by atoms with E-state index >= 15 is 0 Å². The van der Waals surface area contributed by atoms with Crippen LogP contribution < -0.4 is 21.2 Å². The van der Waals surface area contributed by atoms with E-state index < -0.39 is 12.0 Å². The first-order valence-corrected chi connectivity index (χ1v) is 10.5. The van der Waals surface area contributed by atoms with Crippen molar-refractivity contribution in [3.05, 3.63) is 58.5 Å². The van der Waals surface area contributed by atoms with Crippen LogP contribution in [0.25, 0.3) is 11.3 Å². The smallest absolute Gasteiger partial charge is 0.263 e. The summed E-state index contributed by atoms with van der Waals surface area (Å²) in [6.45, 7) is 0.617. The number of aliphatic hydroxyl groups is 1. The number of nitrogens with zero attached hydrogens (tertiary/aromatic N) is 4.